The predicted octanol–water partition coefficient (Wildman–Crippen LogP) is 4.45. The van der Waals surface area contributed by atoms with E-state index in [0.29, 0.717) is 30.7 Å². The van der Waals surface area contributed by atoms with E-state index >= 15 is 0 Å². The van der Waals surface area contributed by atoms with Gasteiger partial charge >= 0.3 is 15.2 Å². The summed E-state index contributed by atoms with van der Waals surface area (Å²) < 4.78 is 33.7. The molecule has 0 bridgehead atoms. The van der Waals surface area contributed by atoms with Gasteiger partial charge in [-0.15, -0.1) is 0 Å². The van der Waals surface area contributed by atoms with Gasteiger partial charge in [0.2, 0.25) is 5.28 Å². The average Bonchev–Trinajstić information content (AvgIpc) is 3.24. The largest absolute Gasteiger partial charge is 0.368 e. The standard InChI is InChI=1S/C21H24ClN3O7P2/c22-21-24-18-10-15(6-8-17(18)20(25-21)23-11-14-4-2-1-3-5-14)19-9-7-16(32-19)12-31-34(29,30)13-33(26,27)28/h1-6,8,10,16,19H,7,9,11-13H2,(H,29,30)(H,23,24,25)(H2,26,27,28)/t16-,19+/m0/s1. The molecule has 1 unspecified atom stereocenters. The van der Waals surface area contributed by atoms with Gasteiger partial charge < -0.3 is 29.3 Å². The quantitative estimate of drug-likeness (QED) is 0.232. The molecule has 2 aromatic carbocycles. The molecule has 182 valence electrons. The molecule has 0 amide bonds. The Labute approximate surface area is 201 Å². The fraction of sp³-hybridized carbons (Fsp3) is 0.333. The highest BCUT2D eigenvalue weighted by atomic mass is 35.5. The van der Waals surface area contributed by atoms with E-state index in [1.807, 2.05) is 48.5 Å². The van der Waals surface area contributed by atoms with E-state index in [9.17, 15) is 14.0 Å². The van der Waals surface area contributed by atoms with E-state index in [4.69, 9.17) is 30.6 Å². The van der Waals surface area contributed by atoms with Crippen molar-refractivity contribution >= 4 is 43.5 Å². The molecule has 10 nitrogen and oxygen atoms in total. The van der Waals surface area contributed by atoms with Crippen LogP contribution < -0.4 is 5.32 Å². The Hall–Kier alpha value is -1.87. The molecule has 3 atom stereocenters. The number of hydrogen-bond donors (Lipinski definition) is 4. The van der Waals surface area contributed by atoms with Crippen LogP contribution in [0.1, 0.15) is 30.1 Å². The van der Waals surface area contributed by atoms with Crippen molar-refractivity contribution in [1.82, 2.24) is 9.97 Å². The Morgan fingerprint density at radius 1 is 1.09 bits per heavy atom. The highest BCUT2D eigenvalue weighted by molar-refractivity contribution is 7.70. The minimum absolute atomic E-state index is 0.114. The van der Waals surface area contributed by atoms with E-state index in [1.165, 1.54) is 0 Å². The monoisotopic (exact) mass is 527 g/mol. The Kier molecular flexibility index (Phi) is 7.72. The third-order valence-corrected chi connectivity index (χ3v) is 8.93. The fourth-order valence-electron chi connectivity index (χ4n) is 3.78. The van der Waals surface area contributed by atoms with Crippen molar-refractivity contribution in [2.75, 3.05) is 17.8 Å². The zero-order valence-corrected chi connectivity index (χ0v) is 20.5. The molecule has 3 aromatic rings. The molecular formula is C21H24ClN3O7P2. The Morgan fingerprint density at radius 2 is 1.85 bits per heavy atom. The maximum atomic E-state index is 11.8. The summed E-state index contributed by atoms with van der Waals surface area (Å²) in [5.74, 6) is -0.602. The molecule has 4 N–H and O–H groups in total. The van der Waals surface area contributed by atoms with Crippen LogP contribution in [0.4, 0.5) is 5.82 Å². The SMILES string of the molecule is O=P(O)(O)CP(=O)(O)OC[C@@H]1CC[C@H](c2ccc3c(NCc4ccccc4)nc(Cl)nc3c2)O1. The van der Waals surface area contributed by atoms with Crippen molar-refractivity contribution in [3.8, 4) is 0 Å². The second-order valence-electron chi connectivity index (χ2n) is 8.02. The van der Waals surface area contributed by atoms with Crippen LogP contribution in [-0.4, -0.2) is 43.3 Å². The number of aromatic nitrogens is 2. The maximum absolute atomic E-state index is 11.8. The number of fused-ring (bicyclic) bond motifs is 1. The normalized spacial score (nSPS) is 20.4. The molecule has 1 aliphatic heterocycles. The molecule has 13 heteroatoms. The first-order valence-corrected chi connectivity index (χ1v) is 14.4. The molecule has 1 fully saturated rings. The van der Waals surface area contributed by atoms with Crippen LogP contribution in [0.25, 0.3) is 10.9 Å². The molecule has 1 aliphatic rings. The van der Waals surface area contributed by atoms with Crippen molar-refractivity contribution in [3.05, 3.63) is 64.9 Å². The molecule has 1 aromatic heterocycles. The predicted molar refractivity (Wildman–Crippen MR) is 128 cm³/mol. The number of ether oxygens (including phenoxy) is 1. The second-order valence-corrected chi connectivity index (χ2v) is 12.4. The maximum Gasteiger partial charge on any atom is 0.340 e. The van der Waals surface area contributed by atoms with Crippen molar-refractivity contribution in [1.29, 1.82) is 0 Å². The zero-order valence-electron chi connectivity index (χ0n) is 18.0. The van der Waals surface area contributed by atoms with E-state index in [1.54, 1.807) is 0 Å². The minimum Gasteiger partial charge on any atom is -0.368 e. The minimum atomic E-state index is -4.67. The first kappa shape index (κ1) is 25.2. The van der Waals surface area contributed by atoms with Gasteiger partial charge in [0.05, 0.1) is 24.3 Å². The number of nitrogens with one attached hydrogen (secondary N) is 1. The zero-order chi connectivity index (χ0) is 24.3. The van der Waals surface area contributed by atoms with Crippen LogP contribution in [0.5, 0.6) is 0 Å². The number of halogens is 1. The Bertz CT molecular complexity index is 1260. The lowest BCUT2D eigenvalue weighted by Gasteiger charge is -2.17. The number of nitrogens with zero attached hydrogens (tertiary/aromatic N) is 2. The molecule has 2 heterocycles. The topological polar surface area (TPSA) is 151 Å². The summed E-state index contributed by atoms with van der Waals surface area (Å²) in [6.07, 6.45) is 0.445. The van der Waals surface area contributed by atoms with E-state index < -0.39 is 27.2 Å². The van der Waals surface area contributed by atoms with Gasteiger partial charge in [-0.2, -0.15) is 0 Å². The molecule has 0 radical (unpaired) electrons. The summed E-state index contributed by atoms with van der Waals surface area (Å²) in [4.78, 5) is 36.1. The Morgan fingerprint density at radius 3 is 2.59 bits per heavy atom. The van der Waals surface area contributed by atoms with E-state index in [-0.39, 0.29) is 18.0 Å². The molecule has 4 rings (SSSR count). The summed E-state index contributed by atoms with van der Waals surface area (Å²) >= 11 is 6.15. The molecule has 34 heavy (non-hydrogen) atoms. The average molecular weight is 528 g/mol. The molecule has 0 aliphatic carbocycles. The molecular weight excluding hydrogens is 504 g/mol. The van der Waals surface area contributed by atoms with Crippen LogP contribution in [0.2, 0.25) is 5.28 Å². The van der Waals surface area contributed by atoms with Crippen molar-refractivity contribution in [2.24, 2.45) is 0 Å². The van der Waals surface area contributed by atoms with Crippen molar-refractivity contribution in [2.45, 2.75) is 31.6 Å². The van der Waals surface area contributed by atoms with Gasteiger partial charge in [-0.1, -0.05) is 36.4 Å². The van der Waals surface area contributed by atoms with E-state index in [0.717, 1.165) is 16.5 Å². The summed E-state index contributed by atoms with van der Waals surface area (Å²) in [7, 11) is -9.08. The van der Waals surface area contributed by atoms with Crippen LogP contribution in [0.15, 0.2) is 48.5 Å². The molecule has 0 saturated carbocycles. The number of benzene rings is 2. The summed E-state index contributed by atoms with van der Waals surface area (Å²) in [6, 6.07) is 15.6. The lowest BCUT2D eigenvalue weighted by Crippen LogP contribution is -2.14. The lowest BCUT2D eigenvalue weighted by atomic mass is 10.0. The van der Waals surface area contributed by atoms with Gasteiger partial charge in [-0.25, -0.2) is 9.97 Å². The van der Waals surface area contributed by atoms with Gasteiger partial charge in [0, 0.05) is 11.9 Å². The molecule has 0 spiro atoms. The summed E-state index contributed by atoms with van der Waals surface area (Å²) in [5, 5.41) is 4.22. The van der Waals surface area contributed by atoms with Crippen molar-refractivity contribution in [3.63, 3.8) is 0 Å². The van der Waals surface area contributed by atoms with Crippen LogP contribution in [-0.2, 0) is 24.9 Å². The van der Waals surface area contributed by atoms with Gasteiger partial charge in [-0.05, 0) is 47.7 Å². The number of rotatable bonds is 9. The van der Waals surface area contributed by atoms with E-state index in [2.05, 4.69) is 15.3 Å². The Balaban J connectivity index is 1.43. The summed E-state index contributed by atoms with van der Waals surface area (Å²) in [6.45, 7) is 0.342. The van der Waals surface area contributed by atoms with Crippen LogP contribution in [0, 0.1) is 0 Å². The first-order chi connectivity index (χ1) is 16.1. The molecule has 1 saturated heterocycles. The van der Waals surface area contributed by atoms with Gasteiger partial charge in [-0.3, -0.25) is 9.13 Å². The third kappa shape index (κ3) is 6.84. The summed E-state index contributed by atoms with van der Waals surface area (Å²) in [5.41, 5.74) is 2.61. The van der Waals surface area contributed by atoms with Gasteiger partial charge in [0.1, 0.15) is 5.82 Å². The highest BCUT2D eigenvalue weighted by Crippen LogP contribution is 2.55. The second kappa shape index (κ2) is 10.4. The third-order valence-electron chi connectivity index (χ3n) is 5.30. The van der Waals surface area contributed by atoms with Gasteiger partial charge in [0.15, 0.2) is 5.90 Å². The highest BCUT2D eigenvalue weighted by Gasteiger charge is 2.34. The van der Waals surface area contributed by atoms with Crippen molar-refractivity contribution < 1.29 is 33.1 Å². The first-order valence-electron chi connectivity index (χ1n) is 10.5. The van der Waals surface area contributed by atoms with Gasteiger partial charge in [0.25, 0.3) is 0 Å². The number of hydrogen-bond acceptors (Lipinski definition) is 7. The fourth-order valence-corrected chi connectivity index (χ4v) is 6.55. The smallest absolute Gasteiger partial charge is 0.340 e. The number of anilines is 1. The van der Waals surface area contributed by atoms with Crippen LogP contribution in [0.3, 0.4) is 0 Å². The van der Waals surface area contributed by atoms with Crippen LogP contribution >= 0.6 is 26.8 Å². The lowest BCUT2D eigenvalue weighted by molar-refractivity contribution is 0.0150.